The molecule has 2 unspecified atom stereocenters. The molecule has 0 radical (unpaired) electrons. The molecule has 0 aliphatic carbocycles. The van der Waals surface area contributed by atoms with Crippen LogP contribution in [0, 0.1) is 19.8 Å². The first-order valence-corrected chi connectivity index (χ1v) is 6.97. The maximum absolute atomic E-state index is 14.4. The van der Waals surface area contributed by atoms with Crippen LogP contribution in [-0.4, -0.2) is 31.4 Å². The summed E-state index contributed by atoms with van der Waals surface area (Å²) >= 11 is 0. The number of halogens is 1. The summed E-state index contributed by atoms with van der Waals surface area (Å²) < 4.78 is 19.7. The van der Waals surface area contributed by atoms with Crippen molar-refractivity contribution in [1.82, 2.24) is 10.3 Å². The number of aromatic nitrogens is 1. The van der Waals surface area contributed by atoms with E-state index >= 15 is 0 Å². The van der Waals surface area contributed by atoms with Gasteiger partial charge in [-0.2, -0.15) is 0 Å². The molecule has 1 aromatic rings. The summed E-state index contributed by atoms with van der Waals surface area (Å²) in [6.45, 7) is 5.71. The minimum absolute atomic E-state index is 0.113. The number of piperidine rings is 1. The third-order valence-electron chi connectivity index (χ3n) is 3.98. The molecule has 19 heavy (non-hydrogen) atoms. The zero-order valence-corrected chi connectivity index (χ0v) is 12.0. The maximum atomic E-state index is 14.4. The zero-order valence-electron chi connectivity index (χ0n) is 12.0. The monoisotopic (exact) mass is 266 g/mol. The van der Waals surface area contributed by atoms with Crippen molar-refractivity contribution >= 4 is 0 Å². The van der Waals surface area contributed by atoms with Gasteiger partial charge in [-0.25, -0.2) is 4.39 Å². The van der Waals surface area contributed by atoms with Crippen LogP contribution in [0.25, 0.3) is 0 Å². The van der Waals surface area contributed by atoms with Crippen LogP contribution in [0.5, 0.6) is 5.75 Å². The van der Waals surface area contributed by atoms with E-state index in [1.807, 2.05) is 13.8 Å². The van der Waals surface area contributed by atoms with Crippen LogP contribution in [0.4, 0.5) is 4.39 Å². The van der Waals surface area contributed by atoms with Crippen LogP contribution >= 0.6 is 0 Å². The number of ether oxygens (including phenoxy) is 1. The van der Waals surface area contributed by atoms with Gasteiger partial charge < -0.3 is 10.1 Å². The van der Waals surface area contributed by atoms with Gasteiger partial charge >= 0.3 is 0 Å². The Morgan fingerprint density at radius 3 is 2.95 bits per heavy atom. The van der Waals surface area contributed by atoms with E-state index in [2.05, 4.69) is 10.3 Å². The molecule has 0 amide bonds. The second kappa shape index (κ2) is 6.33. The summed E-state index contributed by atoms with van der Waals surface area (Å²) in [5.41, 5.74) is 2.79. The predicted octanol–water partition coefficient (Wildman–Crippen LogP) is 2.59. The zero-order chi connectivity index (χ0) is 13.8. The van der Waals surface area contributed by atoms with Gasteiger partial charge in [-0.3, -0.25) is 4.98 Å². The SMILES string of the molecule is COc1c(C)cnc(CC(F)C2CCCNC2)c1C. The number of nitrogens with zero attached hydrogens (tertiary/aromatic N) is 1. The summed E-state index contributed by atoms with van der Waals surface area (Å²) in [5.74, 6) is 0.946. The van der Waals surface area contributed by atoms with E-state index in [1.165, 1.54) is 0 Å². The van der Waals surface area contributed by atoms with E-state index in [0.717, 1.165) is 48.5 Å². The molecular formula is C15H23FN2O. The van der Waals surface area contributed by atoms with Crippen molar-refractivity contribution in [3.05, 3.63) is 23.0 Å². The number of rotatable bonds is 4. The van der Waals surface area contributed by atoms with Crippen LogP contribution in [-0.2, 0) is 6.42 Å². The van der Waals surface area contributed by atoms with Gasteiger partial charge in [-0.15, -0.1) is 0 Å². The molecule has 2 rings (SSSR count). The van der Waals surface area contributed by atoms with E-state index in [-0.39, 0.29) is 5.92 Å². The number of methoxy groups -OCH3 is 1. The lowest BCUT2D eigenvalue weighted by molar-refractivity contribution is 0.190. The summed E-state index contributed by atoms with van der Waals surface area (Å²) in [6.07, 6.45) is 3.36. The Morgan fingerprint density at radius 1 is 1.53 bits per heavy atom. The van der Waals surface area contributed by atoms with Crippen LogP contribution in [0.3, 0.4) is 0 Å². The number of alkyl halides is 1. The predicted molar refractivity (Wildman–Crippen MR) is 74.5 cm³/mol. The van der Waals surface area contributed by atoms with Gasteiger partial charge in [-0.1, -0.05) is 0 Å². The molecule has 106 valence electrons. The Labute approximate surface area is 114 Å². The molecule has 0 spiro atoms. The maximum Gasteiger partial charge on any atom is 0.128 e. The molecule has 0 aromatic carbocycles. The van der Waals surface area contributed by atoms with Crippen molar-refractivity contribution in [1.29, 1.82) is 0 Å². The van der Waals surface area contributed by atoms with Crippen molar-refractivity contribution in [2.45, 2.75) is 39.3 Å². The lowest BCUT2D eigenvalue weighted by Crippen LogP contribution is -2.36. The van der Waals surface area contributed by atoms with Crippen molar-refractivity contribution in [2.75, 3.05) is 20.2 Å². The van der Waals surface area contributed by atoms with Gasteiger partial charge in [0.1, 0.15) is 11.9 Å². The minimum Gasteiger partial charge on any atom is -0.496 e. The van der Waals surface area contributed by atoms with Gasteiger partial charge in [0.2, 0.25) is 0 Å². The summed E-state index contributed by atoms with van der Waals surface area (Å²) in [7, 11) is 1.65. The quantitative estimate of drug-likeness (QED) is 0.909. The first kappa shape index (κ1) is 14.3. The number of nitrogens with one attached hydrogen (secondary N) is 1. The highest BCUT2D eigenvalue weighted by molar-refractivity contribution is 5.41. The van der Waals surface area contributed by atoms with Crippen molar-refractivity contribution < 1.29 is 9.13 Å². The van der Waals surface area contributed by atoms with Crippen molar-refractivity contribution in [3.63, 3.8) is 0 Å². The Balaban J connectivity index is 2.10. The van der Waals surface area contributed by atoms with Gasteiger partial charge in [-0.05, 0) is 33.2 Å². The Morgan fingerprint density at radius 2 is 2.32 bits per heavy atom. The first-order chi connectivity index (χ1) is 9.13. The fourth-order valence-electron chi connectivity index (χ4n) is 2.82. The van der Waals surface area contributed by atoms with E-state index in [0.29, 0.717) is 6.42 Å². The summed E-state index contributed by atoms with van der Waals surface area (Å²) in [6, 6.07) is 0. The fraction of sp³-hybridized carbons (Fsp3) is 0.667. The van der Waals surface area contributed by atoms with Gasteiger partial charge in [0.05, 0.1) is 7.11 Å². The smallest absolute Gasteiger partial charge is 0.128 e. The third-order valence-corrected chi connectivity index (χ3v) is 3.98. The molecule has 1 fully saturated rings. The Hall–Kier alpha value is -1.16. The highest BCUT2D eigenvalue weighted by Gasteiger charge is 2.25. The second-order valence-electron chi connectivity index (χ2n) is 5.37. The molecule has 2 atom stereocenters. The molecule has 2 heterocycles. The van der Waals surface area contributed by atoms with Gasteiger partial charge in [0, 0.05) is 41.9 Å². The van der Waals surface area contributed by atoms with E-state index in [9.17, 15) is 4.39 Å². The minimum atomic E-state index is -0.827. The van der Waals surface area contributed by atoms with E-state index < -0.39 is 6.17 Å². The van der Waals surface area contributed by atoms with E-state index in [4.69, 9.17) is 4.74 Å². The molecule has 1 saturated heterocycles. The molecular weight excluding hydrogens is 243 g/mol. The molecule has 1 aliphatic heterocycles. The third kappa shape index (κ3) is 3.24. The lowest BCUT2D eigenvalue weighted by atomic mass is 9.91. The standard InChI is InChI=1S/C15H23FN2O/c1-10-8-18-14(11(2)15(10)19-3)7-13(16)12-5-4-6-17-9-12/h8,12-13,17H,4-7,9H2,1-3H3. The van der Waals surface area contributed by atoms with Gasteiger partial charge in [0.25, 0.3) is 0 Å². The van der Waals surface area contributed by atoms with Crippen molar-refractivity contribution in [3.8, 4) is 5.75 Å². The highest BCUT2D eigenvalue weighted by Crippen LogP contribution is 2.27. The Bertz CT molecular complexity index is 430. The van der Waals surface area contributed by atoms with Crippen LogP contribution < -0.4 is 10.1 Å². The molecule has 1 aliphatic rings. The van der Waals surface area contributed by atoms with Crippen LogP contribution in [0.15, 0.2) is 6.20 Å². The van der Waals surface area contributed by atoms with Crippen LogP contribution in [0.2, 0.25) is 0 Å². The molecule has 1 N–H and O–H groups in total. The highest BCUT2D eigenvalue weighted by atomic mass is 19.1. The summed E-state index contributed by atoms with van der Waals surface area (Å²) in [5, 5.41) is 3.26. The van der Waals surface area contributed by atoms with E-state index in [1.54, 1.807) is 13.3 Å². The van der Waals surface area contributed by atoms with Crippen molar-refractivity contribution in [2.24, 2.45) is 5.92 Å². The average molecular weight is 266 g/mol. The molecule has 0 bridgehead atoms. The molecule has 3 nitrogen and oxygen atoms in total. The number of aryl methyl sites for hydroxylation is 1. The number of hydrogen-bond acceptors (Lipinski definition) is 3. The number of hydrogen-bond donors (Lipinski definition) is 1. The lowest BCUT2D eigenvalue weighted by Gasteiger charge is -2.26. The summed E-state index contributed by atoms with van der Waals surface area (Å²) in [4.78, 5) is 4.38. The second-order valence-corrected chi connectivity index (χ2v) is 5.37. The Kier molecular flexibility index (Phi) is 4.75. The topological polar surface area (TPSA) is 34.1 Å². The molecule has 0 saturated carbocycles. The van der Waals surface area contributed by atoms with Gasteiger partial charge in [0.15, 0.2) is 0 Å². The largest absolute Gasteiger partial charge is 0.496 e. The fourth-order valence-corrected chi connectivity index (χ4v) is 2.82. The average Bonchev–Trinajstić information content (AvgIpc) is 2.43. The first-order valence-electron chi connectivity index (χ1n) is 6.97. The molecule has 4 heteroatoms. The normalized spacial score (nSPS) is 21.2. The van der Waals surface area contributed by atoms with Crippen LogP contribution in [0.1, 0.15) is 29.7 Å². The number of pyridine rings is 1. The molecule has 1 aromatic heterocycles.